The zero-order valence-electron chi connectivity index (χ0n) is 8.08. The van der Waals surface area contributed by atoms with Gasteiger partial charge in [0.05, 0.1) is 16.1 Å². The van der Waals surface area contributed by atoms with Gasteiger partial charge in [-0.05, 0) is 11.6 Å². The normalized spacial score (nSPS) is 12.9. The molecule has 8 heteroatoms. The first kappa shape index (κ1) is 14.1. The number of rotatable bonds is 1. The second-order valence-corrected chi connectivity index (χ2v) is 3.54. The average molecular weight is 278 g/mol. The van der Waals surface area contributed by atoms with Crippen molar-refractivity contribution in [1.29, 1.82) is 0 Å². The maximum atomic E-state index is 12.5. The summed E-state index contributed by atoms with van der Waals surface area (Å²) in [5.74, 6) is 0. The number of alkyl halides is 6. The lowest BCUT2D eigenvalue weighted by atomic mass is 10.0. The number of benzene rings is 1. The molecule has 0 aromatic heterocycles. The summed E-state index contributed by atoms with van der Waals surface area (Å²) < 4.78 is 74.8. The molecule has 0 aliphatic carbocycles. The van der Waals surface area contributed by atoms with Crippen LogP contribution in [0.25, 0.3) is 0 Å². The smallest absolute Gasteiger partial charge is 0.326 e. The summed E-state index contributed by atoms with van der Waals surface area (Å²) in [6, 6.07) is 1.16. The van der Waals surface area contributed by atoms with E-state index in [2.05, 4.69) is 0 Å². The minimum Gasteiger partial charge on any atom is -0.326 e. The van der Waals surface area contributed by atoms with Gasteiger partial charge in [-0.1, -0.05) is 17.7 Å². The lowest BCUT2D eigenvalue weighted by Crippen LogP contribution is -2.18. The Kier molecular flexibility index (Phi) is 3.63. The number of halogens is 7. The van der Waals surface area contributed by atoms with Gasteiger partial charge in [-0.15, -0.1) is 0 Å². The first-order chi connectivity index (χ1) is 7.59. The molecule has 1 nitrogen and oxygen atoms in total. The summed E-state index contributed by atoms with van der Waals surface area (Å²) in [6.45, 7) is -0.375. The van der Waals surface area contributed by atoms with Gasteiger partial charge in [0.1, 0.15) is 0 Å². The van der Waals surface area contributed by atoms with Crippen molar-refractivity contribution < 1.29 is 26.3 Å². The fourth-order valence-electron chi connectivity index (χ4n) is 1.29. The molecular weight excluding hydrogens is 272 g/mol. The summed E-state index contributed by atoms with van der Waals surface area (Å²) in [5.41, 5.74) is 1.19. The Bertz CT molecular complexity index is 423. The van der Waals surface area contributed by atoms with Crippen LogP contribution < -0.4 is 5.73 Å². The maximum absolute atomic E-state index is 12.5. The third-order valence-corrected chi connectivity index (χ3v) is 2.46. The van der Waals surface area contributed by atoms with Gasteiger partial charge in [0.2, 0.25) is 0 Å². The molecular formula is C9H6ClF6N. The van der Waals surface area contributed by atoms with Crippen molar-refractivity contribution in [3.8, 4) is 0 Å². The number of hydrogen-bond acceptors (Lipinski definition) is 1. The Morgan fingerprint density at radius 1 is 1.00 bits per heavy atom. The zero-order valence-corrected chi connectivity index (χ0v) is 8.84. The molecule has 0 bridgehead atoms. The van der Waals surface area contributed by atoms with Crippen LogP contribution in [0.15, 0.2) is 12.1 Å². The largest absolute Gasteiger partial charge is 0.418 e. The van der Waals surface area contributed by atoms with E-state index in [0.29, 0.717) is 6.07 Å². The van der Waals surface area contributed by atoms with Crippen molar-refractivity contribution in [2.75, 3.05) is 0 Å². The Morgan fingerprint density at radius 3 is 1.88 bits per heavy atom. The van der Waals surface area contributed by atoms with Gasteiger partial charge in [-0.3, -0.25) is 0 Å². The van der Waals surface area contributed by atoms with E-state index in [0.717, 1.165) is 6.07 Å². The zero-order chi connectivity index (χ0) is 13.4. The molecule has 0 atom stereocenters. The lowest BCUT2D eigenvalue weighted by molar-refractivity contribution is -0.162. The molecule has 0 unspecified atom stereocenters. The minimum absolute atomic E-state index is 0.188. The van der Waals surface area contributed by atoms with E-state index < -0.39 is 28.5 Å². The van der Waals surface area contributed by atoms with Crippen LogP contribution >= 0.6 is 11.6 Å². The number of hydrogen-bond donors (Lipinski definition) is 1. The van der Waals surface area contributed by atoms with Gasteiger partial charge in [-0.25, -0.2) is 0 Å². The molecule has 1 aromatic rings. The molecule has 96 valence electrons. The average Bonchev–Trinajstić information content (AvgIpc) is 2.13. The van der Waals surface area contributed by atoms with E-state index in [1.165, 1.54) is 0 Å². The molecule has 0 saturated heterocycles. The van der Waals surface area contributed by atoms with Gasteiger partial charge in [0, 0.05) is 6.54 Å². The standard InChI is InChI=1S/C9H6ClF6N/c10-7-4(3-17)1-2-5(8(11,12)13)6(7)9(14,15)16/h1-2H,3,17H2. The van der Waals surface area contributed by atoms with Crippen LogP contribution in [-0.4, -0.2) is 0 Å². The van der Waals surface area contributed by atoms with Crippen molar-refractivity contribution in [3.63, 3.8) is 0 Å². The Morgan fingerprint density at radius 2 is 1.53 bits per heavy atom. The highest BCUT2D eigenvalue weighted by Gasteiger charge is 2.45. The van der Waals surface area contributed by atoms with Crippen LogP contribution in [0, 0.1) is 0 Å². The highest BCUT2D eigenvalue weighted by atomic mass is 35.5. The van der Waals surface area contributed by atoms with Crippen LogP contribution in [0.1, 0.15) is 16.7 Å². The summed E-state index contributed by atoms with van der Waals surface area (Å²) in [4.78, 5) is 0. The van der Waals surface area contributed by atoms with Crippen LogP contribution in [0.5, 0.6) is 0 Å². The van der Waals surface area contributed by atoms with E-state index in [1.807, 2.05) is 0 Å². The van der Waals surface area contributed by atoms with E-state index in [4.69, 9.17) is 17.3 Å². The molecule has 0 aliphatic rings. The molecule has 17 heavy (non-hydrogen) atoms. The first-order valence-electron chi connectivity index (χ1n) is 4.25. The minimum atomic E-state index is -5.19. The van der Waals surface area contributed by atoms with Crippen molar-refractivity contribution in [2.24, 2.45) is 5.73 Å². The third-order valence-electron chi connectivity index (χ3n) is 2.03. The van der Waals surface area contributed by atoms with Crippen LogP contribution in [0.2, 0.25) is 5.02 Å². The molecule has 1 rings (SSSR count). The Labute approximate surface area is 97.2 Å². The summed E-state index contributed by atoms with van der Waals surface area (Å²) >= 11 is 5.30. The SMILES string of the molecule is NCc1ccc(C(F)(F)F)c(C(F)(F)F)c1Cl. The lowest BCUT2D eigenvalue weighted by Gasteiger charge is -2.18. The third kappa shape index (κ3) is 2.84. The van der Waals surface area contributed by atoms with E-state index in [1.54, 1.807) is 0 Å². The van der Waals surface area contributed by atoms with Gasteiger partial charge in [0.25, 0.3) is 0 Å². The first-order valence-corrected chi connectivity index (χ1v) is 4.62. The van der Waals surface area contributed by atoms with Gasteiger partial charge >= 0.3 is 12.4 Å². The van der Waals surface area contributed by atoms with Gasteiger partial charge in [-0.2, -0.15) is 26.3 Å². The van der Waals surface area contributed by atoms with Gasteiger partial charge in [0.15, 0.2) is 0 Å². The summed E-state index contributed by atoms with van der Waals surface area (Å²) in [7, 11) is 0. The van der Waals surface area contributed by atoms with Crippen molar-refractivity contribution >= 4 is 11.6 Å². The summed E-state index contributed by atoms with van der Waals surface area (Å²) in [5, 5.41) is -1.00. The van der Waals surface area contributed by atoms with Crippen LogP contribution in [0.4, 0.5) is 26.3 Å². The summed E-state index contributed by atoms with van der Waals surface area (Å²) in [6.07, 6.45) is -10.3. The van der Waals surface area contributed by atoms with Crippen molar-refractivity contribution in [1.82, 2.24) is 0 Å². The second kappa shape index (κ2) is 4.38. The Balaban J connectivity index is 3.59. The molecule has 0 aliphatic heterocycles. The Hall–Kier alpha value is -0.950. The molecule has 0 saturated carbocycles. The van der Waals surface area contributed by atoms with E-state index >= 15 is 0 Å². The van der Waals surface area contributed by atoms with Crippen LogP contribution in [0.3, 0.4) is 0 Å². The molecule has 1 aromatic carbocycles. The predicted octanol–water partition coefficient (Wildman–Crippen LogP) is 3.84. The monoisotopic (exact) mass is 277 g/mol. The fraction of sp³-hybridized carbons (Fsp3) is 0.333. The molecule has 0 heterocycles. The fourth-order valence-corrected chi connectivity index (χ4v) is 1.64. The van der Waals surface area contributed by atoms with E-state index in [9.17, 15) is 26.3 Å². The molecule has 0 spiro atoms. The maximum Gasteiger partial charge on any atom is 0.418 e. The highest BCUT2D eigenvalue weighted by molar-refractivity contribution is 6.32. The van der Waals surface area contributed by atoms with Crippen molar-refractivity contribution in [3.05, 3.63) is 33.8 Å². The van der Waals surface area contributed by atoms with Gasteiger partial charge < -0.3 is 5.73 Å². The second-order valence-electron chi connectivity index (χ2n) is 3.16. The van der Waals surface area contributed by atoms with Crippen molar-refractivity contribution in [2.45, 2.75) is 18.9 Å². The molecule has 0 fully saturated rings. The number of nitrogens with two attached hydrogens (primary N) is 1. The van der Waals surface area contributed by atoms with Crippen LogP contribution in [-0.2, 0) is 18.9 Å². The molecule has 2 N–H and O–H groups in total. The topological polar surface area (TPSA) is 26.0 Å². The molecule has 0 radical (unpaired) electrons. The molecule has 0 amide bonds. The quantitative estimate of drug-likeness (QED) is 0.776. The van der Waals surface area contributed by atoms with E-state index in [-0.39, 0.29) is 12.1 Å². The highest BCUT2D eigenvalue weighted by Crippen LogP contribution is 2.44. The predicted molar refractivity (Wildman–Crippen MR) is 49.3 cm³/mol.